The molecule has 6 nitrogen and oxygen atoms in total. The van der Waals surface area contributed by atoms with Gasteiger partial charge in [-0.25, -0.2) is 9.78 Å². The standard InChI is InChI=1S/C20H25N3O3S2/c1-10(2)9-28-20-22-17-16(18(24)23-20)15(13-7-6-8-27-13)14(12(5)21-17)19(25)26-11(3)4/h6-8,10-11,15H,9H2,1-5H3,(H2,21,22,23,24)/t15-/m1/s1. The number of aromatic amines is 1. The maximum atomic E-state index is 13.0. The van der Waals surface area contributed by atoms with E-state index in [9.17, 15) is 9.59 Å². The van der Waals surface area contributed by atoms with Gasteiger partial charge in [-0.15, -0.1) is 11.3 Å². The van der Waals surface area contributed by atoms with E-state index in [1.807, 2.05) is 38.3 Å². The lowest BCUT2D eigenvalue weighted by Crippen LogP contribution is -2.31. The molecule has 0 amide bonds. The molecule has 1 aliphatic heterocycles. The highest BCUT2D eigenvalue weighted by atomic mass is 32.2. The molecular formula is C20H25N3O3S2. The predicted octanol–water partition coefficient (Wildman–Crippen LogP) is 4.36. The molecule has 0 aromatic carbocycles. The highest BCUT2D eigenvalue weighted by molar-refractivity contribution is 7.99. The molecule has 2 N–H and O–H groups in total. The molecule has 3 rings (SSSR count). The van der Waals surface area contributed by atoms with Crippen molar-refractivity contribution in [3.05, 3.63) is 49.6 Å². The first-order valence-electron chi connectivity index (χ1n) is 9.27. The van der Waals surface area contributed by atoms with E-state index in [1.54, 1.807) is 0 Å². The van der Waals surface area contributed by atoms with E-state index in [1.165, 1.54) is 23.1 Å². The zero-order chi connectivity index (χ0) is 20.4. The lowest BCUT2D eigenvalue weighted by molar-refractivity contribution is -0.142. The summed E-state index contributed by atoms with van der Waals surface area (Å²) in [5.41, 5.74) is 1.34. The van der Waals surface area contributed by atoms with Crippen LogP contribution in [0.2, 0.25) is 0 Å². The molecule has 0 aliphatic carbocycles. The number of H-pyrrole nitrogens is 1. The fraction of sp³-hybridized carbons (Fsp3) is 0.450. The molecule has 0 saturated heterocycles. The van der Waals surface area contributed by atoms with Crippen molar-refractivity contribution in [1.82, 2.24) is 9.97 Å². The number of nitrogens with zero attached hydrogens (tertiary/aromatic N) is 1. The molecular weight excluding hydrogens is 394 g/mol. The van der Waals surface area contributed by atoms with Crippen LogP contribution in [0, 0.1) is 5.92 Å². The van der Waals surface area contributed by atoms with Crippen molar-refractivity contribution in [2.75, 3.05) is 11.1 Å². The molecule has 8 heteroatoms. The molecule has 2 aromatic heterocycles. The quantitative estimate of drug-likeness (QED) is 0.411. The van der Waals surface area contributed by atoms with E-state index in [2.05, 4.69) is 29.1 Å². The minimum atomic E-state index is -0.497. The van der Waals surface area contributed by atoms with E-state index in [-0.39, 0.29) is 11.7 Å². The number of thiophene rings is 1. The number of ether oxygens (including phenoxy) is 1. The number of thioether (sulfide) groups is 1. The molecule has 0 bridgehead atoms. The van der Waals surface area contributed by atoms with Gasteiger partial charge >= 0.3 is 5.97 Å². The number of carbonyl (C=O) groups is 1. The Morgan fingerprint density at radius 2 is 2.11 bits per heavy atom. The Labute approximate surface area is 172 Å². The second kappa shape index (κ2) is 8.53. The Bertz CT molecular complexity index is 946. The normalized spacial score (nSPS) is 16.3. The molecule has 28 heavy (non-hydrogen) atoms. The van der Waals surface area contributed by atoms with Crippen molar-refractivity contribution in [1.29, 1.82) is 0 Å². The van der Waals surface area contributed by atoms with Crippen molar-refractivity contribution < 1.29 is 9.53 Å². The van der Waals surface area contributed by atoms with Crippen molar-refractivity contribution >= 4 is 34.9 Å². The minimum absolute atomic E-state index is 0.232. The van der Waals surface area contributed by atoms with Crippen LogP contribution in [0.5, 0.6) is 0 Å². The zero-order valence-corrected chi connectivity index (χ0v) is 18.3. The van der Waals surface area contributed by atoms with E-state index in [0.29, 0.717) is 33.7 Å². The van der Waals surface area contributed by atoms with Crippen LogP contribution >= 0.6 is 23.1 Å². The lowest BCUT2D eigenvalue weighted by Gasteiger charge is -2.28. The number of hydrogen-bond donors (Lipinski definition) is 2. The maximum absolute atomic E-state index is 13.0. The fourth-order valence-electron chi connectivity index (χ4n) is 3.03. The summed E-state index contributed by atoms with van der Waals surface area (Å²) >= 11 is 3.03. The second-order valence-corrected chi connectivity index (χ2v) is 9.39. The molecule has 0 unspecified atom stereocenters. The molecule has 2 aromatic rings. The van der Waals surface area contributed by atoms with Crippen LogP contribution in [0.25, 0.3) is 0 Å². The summed E-state index contributed by atoms with van der Waals surface area (Å²) in [7, 11) is 0. The van der Waals surface area contributed by atoms with Crippen molar-refractivity contribution in [2.24, 2.45) is 5.92 Å². The van der Waals surface area contributed by atoms with Gasteiger partial charge in [-0.1, -0.05) is 31.7 Å². The van der Waals surface area contributed by atoms with E-state index >= 15 is 0 Å². The number of allylic oxidation sites excluding steroid dienone is 1. The number of esters is 1. The minimum Gasteiger partial charge on any atom is -0.460 e. The fourth-order valence-corrected chi connectivity index (χ4v) is 4.69. The van der Waals surface area contributed by atoms with Gasteiger partial charge in [0.25, 0.3) is 5.56 Å². The number of hydrogen-bond acceptors (Lipinski definition) is 7. The summed E-state index contributed by atoms with van der Waals surface area (Å²) in [4.78, 5) is 34.3. The topological polar surface area (TPSA) is 84.1 Å². The summed E-state index contributed by atoms with van der Waals surface area (Å²) in [6.07, 6.45) is -0.246. The van der Waals surface area contributed by atoms with Crippen LogP contribution in [-0.4, -0.2) is 27.8 Å². The smallest absolute Gasteiger partial charge is 0.337 e. The zero-order valence-electron chi connectivity index (χ0n) is 16.7. The van der Waals surface area contributed by atoms with Gasteiger partial charge in [0.15, 0.2) is 5.16 Å². The van der Waals surface area contributed by atoms with Crippen molar-refractivity contribution in [3.8, 4) is 0 Å². The van der Waals surface area contributed by atoms with Gasteiger partial charge in [0.1, 0.15) is 5.82 Å². The Hall–Kier alpha value is -2.06. The summed E-state index contributed by atoms with van der Waals surface area (Å²) < 4.78 is 5.46. The Morgan fingerprint density at radius 1 is 1.36 bits per heavy atom. The Balaban J connectivity index is 2.10. The highest BCUT2D eigenvalue weighted by Crippen LogP contribution is 2.41. The first-order valence-corrected chi connectivity index (χ1v) is 11.1. The summed E-state index contributed by atoms with van der Waals surface area (Å²) in [5, 5.41) is 5.68. The molecule has 1 atom stereocenters. The second-order valence-electron chi connectivity index (χ2n) is 7.40. The van der Waals surface area contributed by atoms with Crippen LogP contribution in [0.3, 0.4) is 0 Å². The van der Waals surface area contributed by atoms with Crippen LogP contribution in [0.1, 0.15) is 51.0 Å². The first-order chi connectivity index (χ1) is 13.3. The molecule has 0 saturated carbocycles. The molecule has 0 fully saturated rings. The molecule has 150 valence electrons. The van der Waals surface area contributed by atoms with E-state index in [4.69, 9.17) is 4.74 Å². The monoisotopic (exact) mass is 419 g/mol. The lowest BCUT2D eigenvalue weighted by atomic mass is 9.86. The highest BCUT2D eigenvalue weighted by Gasteiger charge is 2.37. The molecule has 0 radical (unpaired) electrons. The molecule has 3 heterocycles. The number of aromatic nitrogens is 2. The number of fused-ring (bicyclic) bond motifs is 1. The van der Waals surface area contributed by atoms with Gasteiger partial charge in [-0.2, -0.15) is 0 Å². The van der Waals surface area contributed by atoms with Gasteiger partial charge < -0.3 is 15.0 Å². The summed E-state index contributed by atoms with van der Waals surface area (Å²) in [5.74, 6) is 0.936. The number of nitrogens with one attached hydrogen (secondary N) is 2. The number of rotatable bonds is 6. The number of anilines is 1. The summed E-state index contributed by atoms with van der Waals surface area (Å²) in [6, 6.07) is 3.85. The average Bonchev–Trinajstić information content (AvgIpc) is 3.12. The van der Waals surface area contributed by atoms with Gasteiger partial charge in [-0.3, -0.25) is 4.79 Å². The van der Waals surface area contributed by atoms with Gasteiger partial charge in [0.05, 0.1) is 23.2 Å². The van der Waals surface area contributed by atoms with Crippen LogP contribution in [0.4, 0.5) is 5.82 Å². The largest absolute Gasteiger partial charge is 0.460 e. The maximum Gasteiger partial charge on any atom is 0.337 e. The van der Waals surface area contributed by atoms with Crippen LogP contribution < -0.4 is 10.9 Å². The first kappa shape index (κ1) is 20.7. The predicted molar refractivity (Wildman–Crippen MR) is 114 cm³/mol. The van der Waals surface area contributed by atoms with Gasteiger partial charge in [0.2, 0.25) is 0 Å². The number of carbonyl (C=O) groups excluding carboxylic acids is 1. The van der Waals surface area contributed by atoms with Gasteiger partial charge in [-0.05, 0) is 38.1 Å². The third-order valence-electron chi connectivity index (χ3n) is 4.16. The third kappa shape index (κ3) is 4.33. The summed E-state index contributed by atoms with van der Waals surface area (Å²) in [6.45, 7) is 9.68. The average molecular weight is 420 g/mol. The SMILES string of the molecule is CC1=C(C(=O)OC(C)C)[C@@H](c2cccs2)c2c(nc(SCC(C)C)[nH]c2=O)N1. The van der Waals surface area contributed by atoms with Crippen molar-refractivity contribution in [3.63, 3.8) is 0 Å². The Morgan fingerprint density at radius 3 is 2.71 bits per heavy atom. The van der Waals surface area contributed by atoms with Gasteiger partial charge in [0, 0.05) is 16.3 Å². The molecule has 1 aliphatic rings. The van der Waals surface area contributed by atoms with Crippen LogP contribution in [-0.2, 0) is 9.53 Å². The van der Waals surface area contributed by atoms with Crippen LogP contribution in [0.15, 0.2) is 38.7 Å². The van der Waals surface area contributed by atoms with Crippen molar-refractivity contribution in [2.45, 2.75) is 51.8 Å². The van der Waals surface area contributed by atoms with E-state index < -0.39 is 11.9 Å². The third-order valence-corrected chi connectivity index (χ3v) is 6.40. The Kier molecular flexibility index (Phi) is 6.30. The van der Waals surface area contributed by atoms with E-state index in [0.717, 1.165) is 10.6 Å². The molecule has 0 spiro atoms.